The van der Waals surface area contributed by atoms with Crippen molar-refractivity contribution in [3.63, 3.8) is 0 Å². The van der Waals surface area contributed by atoms with E-state index in [0.717, 1.165) is 34.5 Å². The Morgan fingerprint density at radius 2 is 1.97 bits per heavy atom. The second-order valence-corrected chi connectivity index (χ2v) is 7.98. The minimum atomic E-state index is -0.238. The van der Waals surface area contributed by atoms with Gasteiger partial charge in [0, 0.05) is 17.9 Å². The molecule has 0 unspecified atom stereocenters. The third kappa shape index (κ3) is 4.49. The first-order chi connectivity index (χ1) is 14.1. The quantitative estimate of drug-likeness (QED) is 0.670. The van der Waals surface area contributed by atoms with Crippen molar-refractivity contribution in [2.24, 2.45) is 0 Å². The van der Waals surface area contributed by atoms with E-state index < -0.39 is 0 Å². The summed E-state index contributed by atoms with van der Waals surface area (Å²) in [5.74, 6) is 0.425. The second kappa shape index (κ2) is 8.49. The summed E-state index contributed by atoms with van der Waals surface area (Å²) in [6, 6.07) is 17.0. The number of anilines is 2. The summed E-state index contributed by atoms with van der Waals surface area (Å²) in [6.07, 6.45) is 1.86. The lowest BCUT2D eigenvalue weighted by Crippen LogP contribution is -2.35. The number of fused-ring (bicyclic) bond motifs is 1. The molecule has 0 spiro atoms. The SMILES string of the molecule is Cc1ccc(OCC(=O)Nc2ccc3c(c2)N(C(=O)c2cccs2)CCC3)cc1. The number of carbonyl (C=O) groups excluding carboxylic acids is 2. The van der Waals surface area contributed by atoms with E-state index in [1.54, 1.807) is 0 Å². The van der Waals surface area contributed by atoms with Crippen LogP contribution in [0.25, 0.3) is 0 Å². The van der Waals surface area contributed by atoms with Gasteiger partial charge in [0.05, 0.1) is 4.88 Å². The first-order valence-corrected chi connectivity index (χ1v) is 10.5. The van der Waals surface area contributed by atoms with Crippen molar-refractivity contribution in [3.05, 3.63) is 76.0 Å². The maximum Gasteiger partial charge on any atom is 0.268 e. The third-order valence-corrected chi connectivity index (χ3v) is 5.71. The van der Waals surface area contributed by atoms with E-state index in [4.69, 9.17) is 4.74 Å². The number of aryl methyl sites for hydroxylation is 2. The first-order valence-electron chi connectivity index (χ1n) is 9.58. The van der Waals surface area contributed by atoms with Crippen LogP contribution in [-0.2, 0) is 11.2 Å². The number of hydrogen-bond donors (Lipinski definition) is 1. The van der Waals surface area contributed by atoms with Crippen molar-refractivity contribution in [2.45, 2.75) is 19.8 Å². The number of thiophene rings is 1. The van der Waals surface area contributed by atoms with Gasteiger partial charge in [-0.3, -0.25) is 9.59 Å². The zero-order valence-corrected chi connectivity index (χ0v) is 17.0. The molecule has 0 radical (unpaired) electrons. The number of nitrogens with zero attached hydrogens (tertiary/aromatic N) is 1. The Labute approximate surface area is 173 Å². The highest BCUT2D eigenvalue weighted by molar-refractivity contribution is 7.12. The average Bonchev–Trinajstić information content (AvgIpc) is 3.27. The highest BCUT2D eigenvalue weighted by atomic mass is 32.1. The summed E-state index contributed by atoms with van der Waals surface area (Å²) in [5.41, 5.74) is 3.78. The van der Waals surface area contributed by atoms with Gasteiger partial charge in [-0.15, -0.1) is 11.3 Å². The van der Waals surface area contributed by atoms with Crippen molar-refractivity contribution in [1.82, 2.24) is 0 Å². The first kappa shape index (κ1) is 19.2. The van der Waals surface area contributed by atoms with Gasteiger partial charge in [0.25, 0.3) is 11.8 Å². The van der Waals surface area contributed by atoms with Gasteiger partial charge in [-0.05, 0) is 61.0 Å². The lowest BCUT2D eigenvalue weighted by Gasteiger charge is -2.29. The van der Waals surface area contributed by atoms with Crippen molar-refractivity contribution in [2.75, 3.05) is 23.4 Å². The summed E-state index contributed by atoms with van der Waals surface area (Å²) in [6.45, 7) is 2.61. The van der Waals surface area contributed by atoms with Gasteiger partial charge in [-0.2, -0.15) is 0 Å². The molecule has 1 aliphatic heterocycles. The van der Waals surface area contributed by atoms with Crippen LogP contribution in [0.3, 0.4) is 0 Å². The Morgan fingerprint density at radius 3 is 2.72 bits per heavy atom. The van der Waals surface area contributed by atoms with E-state index in [2.05, 4.69) is 5.32 Å². The van der Waals surface area contributed by atoms with Gasteiger partial charge in [0.1, 0.15) is 5.75 Å². The summed E-state index contributed by atoms with van der Waals surface area (Å²) < 4.78 is 5.54. The van der Waals surface area contributed by atoms with Crippen LogP contribution in [0.2, 0.25) is 0 Å². The van der Waals surface area contributed by atoms with E-state index in [-0.39, 0.29) is 18.4 Å². The molecule has 0 saturated carbocycles. The smallest absolute Gasteiger partial charge is 0.268 e. The maximum absolute atomic E-state index is 12.9. The molecule has 6 heteroatoms. The van der Waals surface area contributed by atoms with E-state index in [9.17, 15) is 9.59 Å². The lowest BCUT2D eigenvalue weighted by atomic mass is 10.0. The molecule has 1 aliphatic rings. The van der Waals surface area contributed by atoms with E-state index in [1.807, 2.05) is 71.8 Å². The molecule has 148 valence electrons. The third-order valence-electron chi connectivity index (χ3n) is 4.86. The molecule has 0 aliphatic carbocycles. The molecule has 3 aromatic rings. The monoisotopic (exact) mass is 406 g/mol. The molecule has 4 rings (SSSR count). The van der Waals surface area contributed by atoms with Crippen LogP contribution in [0, 0.1) is 6.92 Å². The number of amides is 2. The molecule has 0 bridgehead atoms. The fraction of sp³-hybridized carbons (Fsp3) is 0.217. The van der Waals surface area contributed by atoms with Crippen LogP contribution < -0.4 is 15.0 Å². The number of hydrogen-bond acceptors (Lipinski definition) is 4. The molecular formula is C23H22N2O3S. The maximum atomic E-state index is 12.9. The average molecular weight is 407 g/mol. The van der Waals surface area contributed by atoms with Crippen molar-refractivity contribution >= 4 is 34.5 Å². The summed E-state index contributed by atoms with van der Waals surface area (Å²) >= 11 is 1.44. The van der Waals surface area contributed by atoms with E-state index in [1.165, 1.54) is 11.3 Å². The molecule has 5 nitrogen and oxygen atoms in total. The number of nitrogens with one attached hydrogen (secondary N) is 1. The van der Waals surface area contributed by atoms with E-state index in [0.29, 0.717) is 18.0 Å². The number of ether oxygens (including phenoxy) is 1. The Kier molecular flexibility index (Phi) is 5.62. The Hall–Kier alpha value is -3.12. The molecule has 29 heavy (non-hydrogen) atoms. The normalized spacial score (nSPS) is 12.9. The van der Waals surface area contributed by atoms with Gasteiger partial charge >= 0.3 is 0 Å². The molecule has 0 atom stereocenters. The Morgan fingerprint density at radius 1 is 1.14 bits per heavy atom. The summed E-state index contributed by atoms with van der Waals surface area (Å²) in [4.78, 5) is 27.7. The highest BCUT2D eigenvalue weighted by Gasteiger charge is 2.24. The van der Waals surface area contributed by atoms with Crippen molar-refractivity contribution < 1.29 is 14.3 Å². The summed E-state index contributed by atoms with van der Waals surface area (Å²) in [5, 5.41) is 4.77. The number of benzene rings is 2. The zero-order chi connectivity index (χ0) is 20.2. The van der Waals surface area contributed by atoms with Crippen molar-refractivity contribution in [1.29, 1.82) is 0 Å². The largest absolute Gasteiger partial charge is 0.484 e. The van der Waals surface area contributed by atoms with E-state index >= 15 is 0 Å². The predicted molar refractivity (Wildman–Crippen MR) is 116 cm³/mol. The molecular weight excluding hydrogens is 384 g/mol. The molecule has 2 amide bonds. The minimum absolute atomic E-state index is 0.00660. The zero-order valence-electron chi connectivity index (χ0n) is 16.2. The molecule has 1 N–H and O–H groups in total. The molecule has 1 aromatic heterocycles. The van der Waals surface area contributed by atoms with Crippen LogP contribution in [0.5, 0.6) is 5.75 Å². The Balaban J connectivity index is 1.45. The van der Waals surface area contributed by atoms with Gasteiger partial charge in [0.15, 0.2) is 6.61 Å². The number of carbonyl (C=O) groups is 2. The predicted octanol–water partition coefficient (Wildman–Crippen LogP) is 4.67. The molecule has 0 fully saturated rings. The fourth-order valence-electron chi connectivity index (χ4n) is 3.38. The van der Waals surface area contributed by atoms with Gasteiger partial charge in [-0.25, -0.2) is 0 Å². The Bertz CT molecular complexity index is 1010. The second-order valence-electron chi connectivity index (χ2n) is 7.03. The molecule has 0 saturated heterocycles. The van der Waals surface area contributed by atoms with Gasteiger partial charge < -0.3 is 15.0 Å². The standard InChI is InChI=1S/C23H22N2O3S/c1-16-6-10-19(11-7-16)28-15-22(26)24-18-9-8-17-4-2-12-25(20(17)14-18)23(27)21-5-3-13-29-21/h3,5-11,13-14H,2,4,12,15H2,1H3,(H,24,26). The van der Waals surface area contributed by atoms with Crippen LogP contribution in [-0.4, -0.2) is 25.0 Å². The lowest BCUT2D eigenvalue weighted by molar-refractivity contribution is -0.118. The summed E-state index contributed by atoms with van der Waals surface area (Å²) in [7, 11) is 0. The molecule has 2 aromatic carbocycles. The topological polar surface area (TPSA) is 58.6 Å². The van der Waals surface area contributed by atoms with Gasteiger partial charge in [-0.1, -0.05) is 29.8 Å². The number of rotatable bonds is 5. The highest BCUT2D eigenvalue weighted by Crippen LogP contribution is 2.31. The van der Waals surface area contributed by atoms with Gasteiger partial charge in [0.2, 0.25) is 0 Å². The van der Waals surface area contributed by atoms with Crippen LogP contribution >= 0.6 is 11.3 Å². The molecule has 2 heterocycles. The van der Waals surface area contributed by atoms with Crippen LogP contribution in [0.1, 0.15) is 27.2 Å². The van der Waals surface area contributed by atoms with Crippen molar-refractivity contribution in [3.8, 4) is 5.75 Å². The van der Waals surface area contributed by atoms with Crippen LogP contribution in [0.4, 0.5) is 11.4 Å². The van der Waals surface area contributed by atoms with Crippen LogP contribution in [0.15, 0.2) is 60.0 Å². The fourth-order valence-corrected chi connectivity index (χ4v) is 4.05. The minimum Gasteiger partial charge on any atom is -0.484 e.